The molecule has 1 rings (SSSR count). The third-order valence-electron chi connectivity index (χ3n) is 3.31. The lowest BCUT2D eigenvalue weighted by molar-refractivity contribution is -0.133. The van der Waals surface area contributed by atoms with Crippen molar-refractivity contribution >= 4 is 5.91 Å². The van der Waals surface area contributed by atoms with Crippen molar-refractivity contribution in [1.29, 1.82) is 0 Å². The largest absolute Gasteiger partial charge is 0.334 e. The predicted molar refractivity (Wildman–Crippen MR) is 67.3 cm³/mol. The summed E-state index contributed by atoms with van der Waals surface area (Å²) in [4.78, 5) is 16.0. The Morgan fingerprint density at radius 1 is 1.25 bits per heavy atom. The molecule has 0 aromatic heterocycles. The van der Waals surface area contributed by atoms with E-state index in [0.29, 0.717) is 6.04 Å². The van der Waals surface area contributed by atoms with Crippen molar-refractivity contribution < 1.29 is 4.79 Å². The van der Waals surface area contributed by atoms with Crippen LogP contribution in [0.5, 0.6) is 0 Å². The van der Waals surface area contributed by atoms with Gasteiger partial charge in [0.05, 0.1) is 0 Å². The third-order valence-corrected chi connectivity index (χ3v) is 3.31. The van der Waals surface area contributed by atoms with E-state index in [1.54, 1.807) is 0 Å². The molecule has 0 spiro atoms. The maximum atomic E-state index is 11.7. The lowest BCUT2D eigenvalue weighted by Crippen LogP contribution is -2.62. The van der Waals surface area contributed by atoms with Crippen LogP contribution in [0.1, 0.15) is 34.6 Å². The number of carbonyl (C=O) groups is 1. The summed E-state index contributed by atoms with van der Waals surface area (Å²) in [5.74, 6) is 0.0490. The summed E-state index contributed by atoms with van der Waals surface area (Å²) >= 11 is 0. The Balaban J connectivity index is 2.78. The molecule has 0 aromatic carbocycles. The minimum absolute atomic E-state index is 0.0490. The van der Waals surface area contributed by atoms with Crippen molar-refractivity contribution in [3.8, 4) is 0 Å². The lowest BCUT2D eigenvalue weighted by Gasteiger charge is -2.49. The molecule has 2 unspecified atom stereocenters. The van der Waals surface area contributed by atoms with Crippen LogP contribution in [0.2, 0.25) is 0 Å². The lowest BCUT2D eigenvalue weighted by atomic mass is 9.98. The fraction of sp³-hybridized carbons (Fsp3) is 0.769. The van der Waals surface area contributed by atoms with Crippen LogP contribution < -0.4 is 0 Å². The molecule has 1 aliphatic heterocycles. The van der Waals surface area contributed by atoms with Gasteiger partial charge in [0.1, 0.15) is 0 Å². The molecule has 2 atom stereocenters. The van der Waals surface area contributed by atoms with Gasteiger partial charge in [-0.15, -0.1) is 0 Å². The molecule has 0 aromatic rings. The molecule has 0 aliphatic carbocycles. The van der Waals surface area contributed by atoms with E-state index < -0.39 is 0 Å². The number of hydrogen-bond donors (Lipinski definition) is 0. The van der Waals surface area contributed by atoms with Crippen LogP contribution >= 0.6 is 0 Å². The zero-order chi connectivity index (χ0) is 12.5. The van der Waals surface area contributed by atoms with E-state index in [9.17, 15) is 4.79 Å². The number of hydrogen-bond acceptors (Lipinski definition) is 2. The van der Waals surface area contributed by atoms with E-state index in [1.807, 2.05) is 4.90 Å². The van der Waals surface area contributed by atoms with Gasteiger partial charge in [0.25, 0.3) is 0 Å². The summed E-state index contributed by atoms with van der Waals surface area (Å²) in [6.45, 7) is 16.2. The number of amides is 1. The molecule has 1 saturated heterocycles. The molecule has 16 heavy (non-hydrogen) atoms. The maximum absolute atomic E-state index is 11.7. The van der Waals surface area contributed by atoms with Gasteiger partial charge in [-0.3, -0.25) is 9.69 Å². The topological polar surface area (TPSA) is 23.6 Å². The van der Waals surface area contributed by atoms with E-state index >= 15 is 0 Å². The summed E-state index contributed by atoms with van der Waals surface area (Å²) in [5.41, 5.74) is 0.164. The minimum Gasteiger partial charge on any atom is -0.334 e. The van der Waals surface area contributed by atoms with Gasteiger partial charge in [0.2, 0.25) is 5.91 Å². The summed E-state index contributed by atoms with van der Waals surface area (Å²) in [5, 5.41) is 0. The fourth-order valence-corrected chi connectivity index (χ4v) is 2.49. The summed E-state index contributed by atoms with van der Waals surface area (Å²) < 4.78 is 0. The van der Waals surface area contributed by atoms with Crippen LogP contribution in [0, 0.1) is 0 Å². The van der Waals surface area contributed by atoms with E-state index in [2.05, 4.69) is 46.1 Å². The van der Waals surface area contributed by atoms with E-state index in [-0.39, 0.29) is 17.5 Å². The molecule has 3 nitrogen and oxygen atoms in total. The van der Waals surface area contributed by atoms with Gasteiger partial charge in [-0.05, 0) is 40.7 Å². The first-order chi connectivity index (χ1) is 7.27. The average Bonchev–Trinajstić information content (AvgIpc) is 2.18. The van der Waals surface area contributed by atoms with Crippen LogP contribution in [0.25, 0.3) is 0 Å². The van der Waals surface area contributed by atoms with Gasteiger partial charge in [0.15, 0.2) is 0 Å². The molecule has 3 heteroatoms. The Morgan fingerprint density at radius 3 is 2.25 bits per heavy atom. The van der Waals surface area contributed by atoms with Gasteiger partial charge in [-0.25, -0.2) is 0 Å². The van der Waals surface area contributed by atoms with Crippen LogP contribution in [0.4, 0.5) is 0 Å². The molecule has 1 aliphatic rings. The maximum Gasteiger partial charge on any atom is 0.246 e. The number of rotatable bonds is 1. The second-order valence-electron chi connectivity index (χ2n) is 5.72. The SMILES string of the molecule is C=CC(=O)N1CC(C)N(C(C)(C)C)CC1C. The Hall–Kier alpha value is -0.830. The van der Waals surface area contributed by atoms with Crippen molar-refractivity contribution in [2.75, 3.05) is 13.1 Å². The second kappa shape index (κ2) is 4.58. The Labute approximate surface area is 99.1 Å². The minimum atomic E-state index is 0.0490. The summed E-state index contributed by atoms with van der Waals surface area (Å²) in [7, 11) is 0. The fourth-order valence-electron chi connectivity index (χ4n) is 2.49. The van der Waals surface area contributed by atoms with Crippen molar-refractivity contribution in [3.05, 3.63) is 12.7 Å². The molecule has 1 fully saturated rings. The number of piperazine rings is 1. The van der Waals surface area contributed by atoms with Gasteiger partial charge < -0.3 is 4.90 Å². The standard InChI is InChI=1S/C13H24N2O/c1-7-12(16)14-8-11(3)15(9-10(14)2)13(4,5)6/h7,10-11H,1,8-9H2,2-6H3. The van der Waals surface area contributed by atoms with Crippen molar-refractivity contribution in [2.24, 2.45) is 0 Å². The zero-order valence-corrected chi connectivity index (χ0v) is 11.2. The Bertz CT molecular complexity index is 280. The van der Waals surface area contributed by atoms with Crippen LogP contribution in [0.15, 0.2) is 12.7 Å². The van der Waals surface area contributed by atoms with E-state index in [4.69, 9.17) is 0 Å². The van der Waals surface area contributed by atoms with Crippen molar-refractivity contribution in [1.82, 2.24) is 9.80 Å². The van der Waals surface area contributed by atoms with Gasteiger partial charge in [0, 0.05) is 30.7 Å². The summed E-state index contributed by atoms with van der Waals surface area (Å²) in [6.07, 6.45) is 1.41. The van der Waals surface area contributed by atoms with Crippen LogP contribution in [-0.4, -0.2) is 46.4 Å². The zero-order valence-electron chi connectivity index (χ0n) is 11.2. The molecule has 0 saturated carbocycles. The molecular formula is C13H24N2O. The first kappa shape index (κ1) is 13.2. The second-order valence-corrected chi connectivity index (χ2v) is 5.72. The first-order valence-electron chi connectivity index (χ1n) is 5.97. The van der Waals surface area contributed by atoms with Crippen LogP contribution in [0.3, 0.4) is 0 Å². The molecule has 92 valence electrons. The Morgan fingerprint density at radius 2 is 1.81 bits per heavy atom. The van der Waals surface area contributed by atoms with Gasteiger partial charge in [-0.2, -0.15) is 0 Å². The van der Waals surface area contributed by atoms with Gasteiger partial charge >= 0.3 is 0 Å². The van der Waals surface area contributed by atoms with Crippen molar-refractivity contribution in [2.45, 2.75) is 52.2 Å². The molecule has 1 heterocycles. The predicted octanol–water partition coefficient (Wildman–Crippen LogP) is 1.89. The third kappa shape index (κ3) is 2.64. The molecule has 1 amide bonds. The van der Waals surface area contributed by atoms with Crippen molar-refractivity contribution in [3.63, 3.8) is 0 Å². The summed E-state index contributed by atoms with van der Waals surface area (Å²) in [6, 6.07) is 0.668. The normalized spacial score (nSPS) is 27.9. The highest BCUT2D eigenvalue weighted by Gasteiger charge is 2.35. The highest BCUT2D eigenvalue weighted by Crippen LogP contribution is 2.23. The average molecular weight is 224 g/mol. The quantitative estimate of drug-likeness (QED) is 0.635. The molecule has 0 N–H and O–H groups in total. The Kier molecular flexibility index (Phi) is 3.79. The van der Waals surface area contributed by atoms with Gasteiger partial charge in [-0.1, -0.05) is 6.58 Å². The number of nitrogens with zero attached hydrogens (tertiary/aromatic N) is 2. The highest BCUT2D eigenvalue weighted by molar-refractivity contribution is 5.87. The molecule has 0 bridgehead atoms. The van der Waals surface area contributed by atoms with Crippen LogP contribution in [-0.2, 0) is 4.79 Å². The highest BCUT2D eigenvalue weighted by atomic mass is 16.2. The monoisotopic (exact) mass is 224 g/mol. The van der Waals surface area contributed by atoms with E-state index in [1.165, 1.54) is 6.08 Å². The molecule has 0 radical (unpaired) electrons. The number of carbonyl (C=O) groups excluding carboxylic acids is 1. The molecular weight excluding hydrogens is 200 g/mol. The first-order valence-corrected chi connectivity index (χ1v) is 5.97. The van der Waals surface area contributed by atoms with E-state index in [0.717, 1.165) is 13.1 Å². The smallest absolute Gasteiger partial charge is 0.246 e.